The quantitative estimate of drug-likeness (QED) is 0.595. The van der Waals surface area contributed by atoms with Crippen molar-refractivity contribution >= 4 is 28.9 Å². The number of fused-ring (bicyclic) bond motifs is 1. The highest BCUT2D eigenvalue weighted by Gasteiger charge is 2.20. The average molecular weight is 470 g/mol. The first-order valence-electron chi connectivity index (χ1n) is 12.3. The fourth-order valence-corrected chi connectivity index (χ4v) is 4.99. The Kier molecular flexibility index (Phi) is 8.65. The van der Waals surface area contributed by atoms with Gasteiger partial charge >= 0.3 is 0 Å². The van der Waals surface area contributed by atoms with Crippen LogP contribution < -0.4 is 9.80 Å². The molecule has 33 heavy (non-hydrogen) atoms. The molecule has 0 saturated carbocycles. The lowest BCUT2D eigenvalue weighted by molar-refractivity contribution is -0.116. The van der Waals surface area contributed by atoms with Gasteiger partial charge in [0.25, 0.3) is 0 Å². The van der Waals surface area contributed by atoms with E-state index in [9.17, 15) is 4.79 Å². The molecule has 1 fully saturated rings. The highest BCUT2D eigenvalue weighted by atomic mass is 35.5. The predicted molar refractivity (Wildman–Crippen MR) is 136 cm³/mol. The van der Waals surface area contributed by atoms with Crippen molar-refractivity contribution in [2.75, 3.05) is 49.2 Å². The van der Waals surface area contributed by atoms with Crippen LogP contribution in [0.5, 0.6) is 0 Å². The molecule has 2 aromatic rings. The van der Waals surface area contributed by atoms with E-state index in [0.717, 1.165) is 69.6 Å². The fraction of sp³-hybridized carbons (Fsp3) is 0.519. The molecule has 0 atom stereocenters. The van der Waals surface area contributed by atoms with Gasteiger partial charge in [-0.25, -0.2) is 0 Å². The third-order valence-electron chi connectivity index (χ3n) is 6.68. The second-order valence-corrected chi connectivity index (χ2v) is 9.62. The third kappa shape index (κ3) is 6.72. The first-order valence-corrected chi connectivity index (χ1v) is 12.7. The van der Waals surface area contributed by atoms with Crippen LogP contribution >= 0.6 is 11.6 Å². The van der Waals surface area contributed by atoms with E-state index in [0.29, 0.717) is 0 Å². The number of carbonyl (C=O) groups is 1. The molecule has 4 rings (SSSR count). The molecule has 178 valence electrons. The van der Waals surface area contributed by atoms with E-state index < -0.39 is 0 Å². The molecule has 0 radical (unpaired) electrons. The second kappa shape index (κ2) is 11.9. The number of rotatable bonds is 3. The number of halogens is 1. The first kappa shape index (κ1) is 24.1. The van der Waals surface area contributed by atoms with Crippen LogP contribution in [0.15, 0.2) is 42.5 Å². The Morgan fingerprint density at radius 2 is 1.61 bits per heavy atom. The molecule has 2 aliphatic heterocycles. The Morgan fingerprint density at radius 1 is 0.909 bits per heavy atom. The summed E-state index contributed by atoms with van der Waals surface area (Å²) in [5, 5.41) is 0.769. The zero-order valence-corrected chi connectivity index (χ0v) is 20.5. The van der Waals surface area contributed by atoms with Crippen LogP contribution in [0.4, 0.5) is 11.4 Å². The van der Waals surface area contributed by atoms with E-state index in [-0.39, 0.29) is 5.91 Å². The van der Waals surface area contributed by atoms with Gasteiger partial charge in [-0.1, -0.05) is 43.0 Å². The number of amides is 1. The van der Waals surface area contributed by atoms with Crippen LogP contribution in [0.2, 0.25) is 5.02 Å². The van der Waals surface area contributed by atoms with E-state index in [1.807, 2.05) is 17.0 Å². The van der Waals surface area contributed by atoms with Crippen LogP contribution in [0.1, 0.15) is 50.2 Å². The number of nitrogens with zero attached hydrogens (tertiary/aromatic N) is 3. The number of benzene rings is 2. The van der Waals surface area contributed by atoms with Crippen molar-refractivity contribution in [3.05, 3.63) is 58.6 Å². The minimum absolute atomic E-state index is 0.122. The third-order valence-corrected chi connectivity index (χ3v) is 6.93. The number of ether oxygens (including phenoxy) is 1. The van der Waals surface area contributed by atoms with Crippen LogP contribution in [0.25, 0.3) is 0 Å². The van der Waals surface area contributed by atoms with E-state index in [2.05, 4.69) is 40.1 Å². The maximum atomic E-state index is 12.6. The highest BCUT2D eigenvalue weighted by Crippen LogP contribution is 2.30. The van der Waals surface area contributed by atoms with Gasteiger partial charge in [-0.15, -0.1) is 0 Å². The normalized spacial score (nSPS) is 18.8. The summed E-state index contributed by atoms with van der Waals surface area (Å²) >= 11 is 6.11. The van der Waals surface area contributed by atoms with Gasteiger partial charge in [0.1, 0.15) is 0 Å². The molecular weight excluding hydrogens is 434 g/mol. The molecule has 0 N–H and O–H groups in total. The molecule has 6 heteroatoms. The van der Waals surface area contributed by atoms with Gasteiger partial charge in [-0.2, -0.15) is 0 Å². The van der Waals surface area contributed by atoms with Crippen molar-refractivity contribution in [1.82, 2.24) is 4.90 Å². The summed E-state index contributed by atoms with van der Waals surface area (Å²) in [5.74, 6) is 0.122. The Balaban J connectivity index is 1.66. The van der Waals surface area contributed by atoms with Crippen LogP contribution in [0, 0.1) is 0 Å². The maximum Gasteiger partial charge on any atom is 0.223 e. The van der Waals surface area contributed by atoms with Gasteiger partial charge in [0.15, 0.2) is 0 Å². The summed E-state index contributed by atoms with van der Waals surface area (Å²) in [6.07, 6.45) is 5.88. The second-order valence-electron chi connectivity index (χ2n) is 9.19. The molecular formula is C27H36ClN3O2. The number of carbonyl (C=O) groups excluding carboxylic acids is 1. The predicted octanol–water partition coefficient (Wildman–Crippen LogP) is 5.50. The van der Waals surface area contributed by atoms with Crippen molar-refractivity contribution in [1.29, 1.82) is 0 Å². The lowest BCUT2D eigenvalue weighted by atomic mass is 10.0. The summed E-state index contributed by atoms with van der Waals surface area (Å²) < 4.78 is 5.55. The van der Waals surface area contributed by atoms with Crippen LogP contribution in [-0.4, -0.2) is 50.2 Å². The molecule has 0 aliphatic carbocycles. The highest BCUT2D eigenvalue weighted by molar-refractivity contribution is 6.30. The Bertz CT molecular complexity index is 912. The molecule has 5 nitrogen and oxygen atoms in total. The number of hydrogen-bond donors (Lipinski definition) is 0. The fourth-order valence-electron chi connectivity index (χ4n) is 4.87. The standard InChI is InChI=1S/C27H36ClN3O2/c1-22(32)31-14-6-4-2-3-5-13-29(20-23-7-9-25(28)10-8-23)21-24-19-26(11-12-27(24)31)30-15-17-33-18-16-30/h7-12,19H,2-6,13-18,20-21H2,1H3. The van der Waals surface area contributed by atoms with Gasteiger partial charge < -0.3 is 14.5 Å². The summed E-state index contributed by atoms with van der Waals surface area (Å²) in [5.41, 5.74) is 4.77. The molecule has 0 bridgehead atoms. The minimum atomic E-state index is 0.122. The van der Waals surface area contributed by atoms with Gasteiger partial charge in [0.2, 0.25) is 5.91 Å². The minimum Gasteiger partial charge on any atom is -0.378 e. The van der Waals surface area contributed by atoms with E-state index in [1.54, 1.807) is 6.92 Å². The Hall–Kier alpha value is -2.08. The zero-order valence-electron chi connectivity index (χ0n) is 19.8. The Labute approximate surface area is 203 Å². The van der Waals surface area contributed by atoms with Crippen LogP contribution in [-0.2, 0) is 22.6 Å². The lowest BCUT2D eigenvalue weighted by Gasteiger charge is -2.32. The van der Waals surface area contributed by atoms with Crippen molar-refractivity contribution in [2.24, 2.45) is 0 Å². The average Bonchev–Trinajstić information content (AvgIpc) is 2.82. The lowest BCUT2D eigenvalue weighted by Crippen LogP contribution is -2.36. The van der Waals surface area contributed by atoms with Crippen molar-refractivity contribution in [3.63, 3.8) is 0 Å². The summed E-state index contributed by atoms with van der Waals surface area (Å²) in [6, 6.07) is 14.8. The molecule has 2 heterocycles. The number of hydrogen-bond acceptors (Lipinski definition) is 4. The molecule has 0 spiro atoms. The van der Waals surface area contributed by atoms with Crippen molar-refractivity contribution in [2.45, 2.75) is 52.1 Å². The van der Waals surface area contributed by atoms with E-state index in [4.69, 9.17) is 16.3 Å². The molecule has 0 aromatic heterocycles. The molecule has 2 aromatic carbocycles. The summed E-state index contributed by atoms with van der Waals surface area (Å²) in [4.78, 5) is 19.5. The summed E-state index contributed by atoms with van der Waals surface area (Å²) in [6.45, 7) is 8.56. The maximum absolute atomic E-state index is 12.6. The van der Waals surface area contributed by atoms with Crippen molar-refractivity contribution < 1.29 is 9.53 Å². The number of morpholine rings is 1. The number of anilines is 2. The van der Waals surface area contributed by atoms with Gasteiger partial charge in [-0.3, -0.25) is 9.69 Å². The van der Waals surface area contributed by atoms with E-state index >= 15 is 0 Å². The molecule has 0 unspecified atom stereocenters. The van der Waals surface area contributed by atoms with E-state index in [1.165, 1.54) is 42.5 Å². The SMILES string of the molecule is CC(=O)N1CCCCCCCN(Cc2ccc(Cl)cc2)Cc2cc(N3CCOCC3)ccc21. The molecule has 1 saturated heterocycles. The smallest absolute Gasteiger partial charge is 0.223 e. The Morgan fingerprint density at radius 3 is 2.33 bits per heavy atom. The monoisotopic (exact) mass is 469 g/mol. The van der Waals surface area contributed by atoms with Gasteiger partial charge in [-0.05, 0) is 60.8 Å². The largest absolute Gasteiger partial charge is 0.378 e. The van der Waals surface area contributed by atoms with Crippen LogP contribution in [0.3, 0.4) is 0 Å². The molecule has 2 aliphatic rings. The summed E-state index contributed by atoms with van der Waals surface area (Å²) in [7, 11) is 0. The van der Waals surface area contributed by atoms with Crippen molar-refractivity contribution in [3.8, 4) is 0 Å². The zero-order chi connectivity index (χ0) is 23.0. The topological polar surface area (TPSA) is 36.0 Å². The van der Waals surface area contributed by atoms with Gasteiger partial charge in [0.05, 0.1) is 13.2 Å². The molecule has 1 amide bonds. The van der Waals surface area contributed by atoms with Gasteiger partial charge in [0, 0.05) is 56.0 Å². The first-order chi connectivity index (χ1) is 16.1.